The molecule has 7 nitrogen and oxygen atoms in total. The lowest BCUT2D eigenvalue weighted by Crippen LogP contribution is -2.32. The van der Waals surface area contributed by atoms with Crippen molar-refractivity contribution in [2.24, 2.45) is 0 Å². The Morgan fingerprint density at radius 3 is 3.04 bits per heavy atom. The van der Waals surface area contributed by atoms with Gasteiger partial charge in [-0.15, -0.1) is 0 Å². The predicted octanol–water partition coefficient (Wildman–Crippen LogP) is 1.25. The van der Waals surface area contributed by atoms with Gasteiger partial charge in [-0.05, 0) is 13.3 Å². The van der Waals surface area contributed by atoms with Gasteiger partial charge in [0.15, 0.2) is 0 Å². The lowest BCUT2D eigenvalue weighted by Gasteiger charge is -2.29. The summed E-state index contributed by atoms with van der Waals surface area (Å²) < 4.78 is 7.49. The molecule has 2 aromatic rings. The Bertz CT molecular complexity index is 724. The Morgan fingerprint density at radius 1 is 1.38 bits per heavy atom. The molecule has 0 radical (unpaired) electrons. The van der Waals surface area contributed by atoms with Crippen LogP contribution in [0.5, 0.6) is 0 Å². The van der Waals surface area contributed by atoms with E-state index >= 15 is 0 Å². The second-order valence-corrected chi connectivity index (χ2v) is 6.38. The number of anilines is 1. The zero-order valence-electron chi connectivity index (χ0n) is 14.0. The van der Waals surface area contributed by atoms with E-state index in [1.807, 2.05) is 4.68 Å². The van der Waals surface area contributed by atoms with E-state index in [0.717, 1.165) is 68.5 Å². The number of aliphatic hydroxyl groups excluding tert-OH is 1. The number of aromatic nitrogens is 4. The van der Waals surface area contributed by atoms with Gasteiger partial charge in [0.05, 0.1) is 24.6 Å². The summed E-state index contributed by atoms with van der Waals surface area (Å²) in [5.74, 6) is 1.33. The quantitative estimate of drug-likeness (QED) is 0.910. The summed E-state index contributed by atoms with van der Waals surface area (Å²) in [5, 5.41) is 14.1. The molecule has 24 heavy (non-hydrogen) atoms. The van der Waals surface area contributed by atoms with Crippen LogP contribution in [-0.2, 0) is 30.9 Å². The van der Waals surface area contributed by atoms with Crippen LogP contribution < -0.4 is 4.90 Å². The monoisotopic (exact) mass is 329 g/mol. The Balaban J connectivity index is 1.60. The van der Waals surface area contributed by atoms with Gasteiger partial charge in [-0.3, -0.25) is 4.68 Å². The fraction of sp³-hybridized carbons (Fsp3) is 0.588. The molecule has 1 unspecified atom stereocenters. The molecule has 1 saturated heterocycles. The van der Waals surface area contributed by atoms with E-state index in [-0.39, 0.29) is 6.61 Å². The Labute approximate surface area is 141 Å². The molecular weight excluding hydrogens is 306 g/mol. The van der Waals surface area contributed by atoms with Crippen LogP contribution in [0.2, 0.25) is 0 Å². The third-order valence-electron chi connectivity index (χ3n) is 5.01. The highest BCUT2D eigenvalue weighted by atomic mass is 16.5. The van der Waals surface area contributed by atoms with E-state index in [1.54, 1.807) is 6.33 Å². The molecule has 128 valence electrons. The van der Waals surface area contributed by atoms with E-state index in [9.17, 15) is 5.11 Å². The molecule has 7 heteroatoms. The van der Waals surface area contributed by atoms with Crippen molar-refractivity contribution in [3.63, 3.8) is 0 Å². The van der Waals surface area contributed by atoms with Crippen molar-refractivity contribution in [1.82, 2.24) is 19.7 Å². The molecule has 4 heterocycles. The highest BCUT2D eigenvalue weighted by molar-refractivity contribution is 5.45. The van der Waals surface area contributed by atoms with Gasteiger partial charge in [0.2, 0.25) is 0 Å². The lowest BCUT2D eigenvalue weighted by atomic mass is 10.0. The maximum absolute atomic E-state index is 9.61. The van der Waals surface area contributed by atoms with Crippen molar-refractivity contribution >= 4 is 5.82 Å². The third-order valence-corrected chi connectivity index (χ3v) is 5.01. The highest BCUT2D eigenvalue weighted by Crippen LogP contribution is 2.29. The maximum Gasteiger partial charge on any atom is 0.132 e. The summed E-state index contributed by atoms with van der Waals surface area (Å²) in [6.45, 7) is 6.11. The zero-order valence-corrected chi connectivity index (χ0v) is 14.0. The summed E-state index contributed by atoms with van der Waals surface area (Å²) in [6, 6.07) is 2.09. The summed E-state index contributed by atoms with van der Waals surface area (Å²) in [5.41, 5.74) is 4.25. The Kier molecular flexibility index (Phi) is 4.20. The van der Waals surface area contributed by atoms with Crippen molar-refractivity contribution in [3.05, 3.63) is 35.0 Å². The molecule has 0 amide bonds. The molecule has 1 atom stereocenters. The molecule has 0 spiro atoms. The summed E-state index contributed by atoms with van der Waals surface area (Å²) in [4.78, 5) is 11.2. The molecule has 4 rings (SSSR count). The van der Waals surface area contributed by atoms with Crippen molar-refractivity contribution in [3.8, 4) is 0 Å². The maximum atomic E-state index is 9.61. The molecule has 0 aliphatic carbocycles. The SMILES string of the molecule is CCn1nc(CO)c2c1CCN(c1cc(C3CCOC3)ncn1)C2. The van der Waals surface area contributed by atoms with Gasteiger partial charge in [0, 0.05) is 55.9 Å². The van der Waals surface area contributed by atoms with E-state index in [4.69, 9.17) is 4.74 Å². The highest BCUT2D eigenvalue weighted by Gasteiger charge is 2.26. The van der Waals surface area contributed by atoms with Gasteiger partial charge in [-0.2, -0.15) is 5.10 Å². The molecule has 0 bridgehead atoms. The van der Waals surface area contributed by atoms with Crippen molar-refractivity contribution in [1.29, 1.82) is 0 Å². The topological polar surface area (TPSA) is 76.3 Å². The van der Waals surface area contributed by atoms with E-state index in [1.165, 1.54) is 5.69 Å². The first kappa shape index (κ1) is 15.5. The first-order valence-electron chi connectivity index (χ1n) is 8.63. The van der Waals surface area contributed by atoms with Crippen molar-refractivity contribution < 1.29 is 9.84 Å². The number of hydrogen-bond donors (Lipinski definition) is 1. The van der Waals surface area contributed by atoms with E-state index < -0.39 is 0 Å². The second kappa shape index (κ2) is 6.49. The second-order valence-electron chi connectivity index (χ2n) is 6.38. The largest absolute Gasteiger partial charge is 0.390 e. The minimum Gasteiger partial charge on any atom is -0.390 e. The number of rotatable bonds is 4. The standard InChI is InChI=1S/C17H23N5O2/c1-2-22-16-3-5-21(8-13(16)15(9-23)20-22)17-7-14(18-11-19-17)12-4-6-24-10-12/h7,11-12,23H,2-6,8-10H2,1H3. The van der Waals surface area contributed by atoms with E-state index in [0.29, 0.717) is 5.92 Å². The predicted molar refractivity (Wildman–Crippen MR) is 88.8 cm³/mol. The van der Waals surface area contributed by atoms with Crippen LogP contribution in [0.15, 0.2) is 12.4 Å². The molecule has 2 aromatic heterocycles. The van der Waals surface area contributed by atoms with Crippen LogP contribution in [0.4, 0.5) is 5.82 Å². The average molecular weight is 329 g/mol. The van der Waals surface area contributed by atoms with Crippen LogP contribution in [0.3, 0.4) is 0 Å². The van der Waals surface area contributed by atoms with Crippen LogP contribution in [0.25, 0.3) is 0 Å². The number of ether oxygens (including phenoxy) is 1. The van der Waals surface area contributed by atoms with Gasteiger partial charge < -0.3 is 14.7 Å². The first-order chi connectivity index (χ1) is 11.8. The van der Waals surface area contributed by atoms with Gasteiger partial charge in [-0.25, -0.2) is 9.97 Å². The van der Waals surface area contributed by atoms with Crippen LogP contribution in [0.1, 0.15) is 41.9 Å². The molecule has 1 N–H and O–H groups in total. The molecule has 0 saturated carbocycles. The van der Waals surface area contributed by atoms with Gasteiger partial charge in [-0.1, -0.05) is 0 Å². The van der Waals surface area contributed by atoms with E-state index in [2.05, 4.69) is 33.0 Å². The summed E-state index contributed by atoms with van der Waals surface area (Å²) in [6.07, 6.45) is 3.60. The zero-order chi connectivity index (χ0) is 16.5. The summed E-state index contributed by atoms with van der Waals surface area (Å²) >= 11 is 0. The van der Waals surface area contributed by atoms with Crippen LogP contribution in [0, 0.1) is 0 Å². The van der Waals surface area contributed by atoms with Crippen LogP contribution in [-0.4, -0.2) is 44.6 Å². The summed E-state index contributed by atoms with van der Waals surface area (Å²) in [7, 11) is 0. The van der Waals surface area contributed by atoms with Gasteiger partial charge >= 0.3 is 0 Å². The molecule has 2 aliphatic rings. The van der Waals surface area contributed by atoms with Crippen LogP contribution >= 0.6 is 0 Å². The molecular formula is C17H23N5O2. The molecule has 1 fully saturated rings. The smallest absolute Gasteiger partial charge is 0.132 e. The number of aryl methyl sites for hydroxylation is 1. The minimum absolute atomic E-state index is 0.0163. The fourth-order valence-corrected chi connectivity index (χ4v) is 3.67. The minimum atomic E-state index is -0.0163. The van der Waals surface area contributed by atoms with Gasteiger partial charge in [0.1, 0.15) is 12.1 Å². The van der Waals surface area contributed by atoms with Gasteiger partial charge in [0.25, 0.3) is 0 Å². The third kappa shape index (κ3) is 2.67. The average Bonchev–Trinajstić information content (AvgIpc) is 3.29. The first-order valence-corrected chi connectivity index (χ1v) is 8.63. The number of nitrogens with zero attached hydrogens (tertiary/aromatic N) is 5. The molecule has 0 aromatic carbocycles. The van der Waals surface area contributed by atoms with Crippen molar-refractivity contribution in [2.75, 3.05) is 24.7 Å². The Hall–Kier alpha value is -1.99. The van der Waals surface area contributed by atoms with Crippen molar-refractivity contribution in [2.45, 2.75) is 45.4 Å². The molecule has 2 aliphatic heterocycles. The Morgan fingerprint density at radius 2 is 2.29 bits per heavy atom. The normalized spacial score (nSPS) is 20.4. The number of hydrogen-bond acceptors (Lipinski definition) is 6. The fourth-order valence-electron chi connectivity index (χ4n) is 3.67. The number of aliphatic hydroxyl groups is 1. The lowest BCUT2D eigenvalue weighted by molar-refractivity contribution is 0.193. The number of fused-ring (bicyclic) bond motifs is 1.